The first-order valence-corrected chi connectivity index (χ1v) is 13.3. The van der Waals surface area contributed by atoms with Crippen molar-refractivity contribution in [2.24, 2.45) is 0 Å². The second kappa shape index (κ2) is 11.7. The lowest BCUT2D eigenvalue weighted by molar-refractivity contribution is -0.122. The highest BCUT2D eigenvalue weighted by Gasteiger charge is 2.32. The molecule has 9 nitrogen and oxygen atoms in total. The number of hydrogen-bond donors (Lipinski definition) is 2. The molecule has 36 heavy (non-hydrogen) atoms. The van der Waals surface area contributed by atoms with E-state index >= 15 is 4.39 Å². The lowest BCUT2D eigenvalue weighted by atomic mass is 10.1. The van der Waals surface area contributed by atoms with Gasteiger partial charge in [-0.3, -0.25) is 19.4 Å². The fourth-order valence-corrected chi connectivity index (χ4v) is 5.88. The van der Waals surface area contributed by atoms with Crippen LogP contribution in [-0.2, 0) is 21.4 Å². The highest BCUT2D eigenvalue weighted by molar-refractivity contribution is 7.92. The van der Waals surface area contributed by atoms with E-state index in [0.29, 0.717) is 18.8 Å². The third-order valence-corrected chi connectivity index (χ3v) is 7.82. The van der Waals surface area contributed by atoms with E-state index in [-0.39, 0.29) is 23.9 Å². The van der Waals surface area contributed by atoms with Crippen molar-refractivity contribution in [2.75, 3.05) is 29.8 Å². The number of anilines is 2. The van der Waals surface area contributed by atoms with Crippen LogP contribution in [0.1, 0.15) is 23.4 Å². The number of benzene rings is 1. The Hall–Kier alpha value is -3.16. The minimum Gasteiger partial charge on any atom is -0.483 e. The van der Waals surface area contributed by atoms with Gasteiger partial charge in [0.05, 0.1) is 11.2 Å². The standard InChI is InChI=1S/C22H25F2N5O2S2.CH2O2/c1-14-5-4-6-16(26-14)10-29-8-7-17(11-29)28(3)19-9-18(23)22(21(24)15(19)2)33(30,31)27-20-12-32-13-25-20;2-1-3/h4-6,9,12-13,17,27H,7-8,10-11H2,1-3H3;1H,(H,2,3). The Morgan fingerprint density at radius 1 is 1.33 bits per heavy atom. The number of pyridine rings is 1. The van der Waals surface area contributed by atoms with Crippen molar-refractivity contribution in [3.63, 3.8) is 0 Å². The van der Waals surface area contributed by atoms with Gasteiger partial charge >= 0.3 is 0 Å². The molecule has 0 radical (unpaired) electrons. The molecule has 4 rings (SSSR count). The first-order valence-electron chi connectivity index (χ1n) is 10.9. The van der Waals surface area contributed by atoms with E-state index in [1.54, 1.807) is 7.05 Å². The molecule has 3 aromatic rings. The van der Waals surface area contributed by atoms with Gasteiger partial charge in [-0.2, -0.15) is 0 Å². The summed E-state index contributed by atoms with van der Waals surface area (Å²) in [6.45, 7) is 5.41. The molecule has 0 bridgehead atoms. The number of rotatable bonds is 7. The molecule has 1 saturated heterocycles. The van der Waals surface area contributed by atoms with Gasteiger partial charge in [-0.05, 0) is 38.5 Å². The first kappa shape index (κ1) is 27.4. The van der Waals surface area contributed by atoms with Crippen molar-refractivity contribution in [2.45, 2.75) is 37.8 Å². The molecule has 13 heteroatoms. The van der Waals surface area contributed by atoms with Crippen molar-refractivity contribution in [1.29, 1.82) is 0 Å². The van der Waals surface area contributed by atoms with Gasteiger partial charge in [-0.25, -0.2) is 22.2 Å². The van der Waals surface area contributed by atoms with Crippen molar-refractivity contribution < 1.29 is 27.1 Å². The molecule has 1 aromatic carbocycles. The van der Waals surface area contributed by atoms with Crippen LogP contribution in [0, 0.1) is 25.5 Å². The monoisotopic (exact) mass is 539 g/mol. The average molecular weight is 540 g/mol. The lowest BCUT2D eigenvalue weighted by Crippen LogP contribution is -2.35. The fourth-order valence-electron chi connectivity index (χ4n) is 4.13. The van der Waals surface area contributed by atoms with E-state index < -0.39 is 26.6 Å². The van der Waals surface area contributed by atoms with Crippen molar-refractivity contribution in [3.05, 3.63) is 63.7 Å². The summed E-state index contributed by atoms with van der Waals surface area (Å²) in [6.07, 6.45) is 0.816. The Bertz CT molecular complexity index is 1310. The largest absolute Gasteiger partial charge is 0.483 e. The van der Waals surface area contributed by atoms with Crippen molar-refractivity contribution in [3.8, 4) is 0 Å². The number of carboxylic acid groups (broad SMARTS) is 1. The van der Waals surface area contributed by atoms with Crippen molar-refractivity contribution >= 4 is 39.3 Å². The minimum absolute atomic E-state index is 0.0202. The summed E-state index contributed by atoms with van der Waals surface area (Å²) >= 11 is 1.17. The molecular weight excluding hydrogens is 512 g/mol. The normalized spacial score (nSPS) is 15.8. The maximum absolute atomic E-state index is 15.2. The Labute approximate surface area is 212 Å². The average Bonchev–Trinajstić information content (AvgIpc) is 3.48. The Kier molecular flexibility index (Phi) is 8.93. The molecule has 3 heterocycles. The zero-order chi connectivity index (χ0) is 26.5. The van der Waals surface area contributed by atoms with E-state index in [1.165, 1.54) is 29.2 Å². The Morgan fingerprint density at radius 2 is 2.06 bits per heavy atom. The number of halogens is 2. The molecule has 1 atom stereocenters. The van der Waals surface area contributed by atoms with Gasteiger partial charge in [-0.1, -0.05) is 6.07 Å². The quantitative estimate of drug-likeness (QED) is 0.437. The van der Waals surface area contributed by atoms with Crippen LogP contribution in [0.5, 0.6) is 0 Å². The molecule has 0 saturated carbocycles. The molecule has 2 N–H and O–H groups in total. The van der Waals surface area contributed by atoms with Gasteiger partial charge in [0.1, 0.15) is 5.82 Å². The topological polar surface area (TPSA) is 116 Å². The van der Waals surface area contributed by atoms with E-state index in [0.717, 1.165) is 30.4 Å². The molecule has 0 amide bonds. The predicted octanol–water partition coefficient (Wildman–Crippen LogP) is 3.65. The van der Waals surface area contributed by atoms with E-state index in [4.69, 9.17) is 9.90 Å². The van der Waals surface area contributed by atoms with Gasteiger partial charge in [0.15, 0.2) is 16.5 Å². The van der Waals surface area contributed by atoms with Gasteiger partial charge in [-0.15, -0.1) is 11.3 Å². The van der Waals surface area contributed by atoms with E-state index in [9.17, 15) is 12.8 Å². The third kappa shape index (κ3) is 6.33. The second-order valence-electron chi connectivity index (χ2n) is 8.29. The molecule has 1 aliphatic heterocycles. The number of nitrogens with one attached hydrogen (secondary N) is 1. The lowest BCUT2D eigenvalue weighted by Gasteiger charge is -2.29. The van der Waals surface area contributed by atoms with Crippen LogP contribution in [0.25, 0.3) is 0 Å². The fraction of sp³-hybridized carbons (Fsp3) is 0.348. The van der Waals surface area contributed by atoms with E-state index in [1.807, 2.05) is 30.0 Å². The van der Waals surface area contributed by atoms with Crippen LogP contribution < -0.4 is 9.62 Å². The molecule has 194 valence electrons. The zero-order valence-electron chi connectivity index (χ0n) is 20.0. The molecule has 2 aromatic heterocycles. The summed E-state index contributed by atoms with van der Waals surface area (Å²) in [6, 6.07) is 7.04. The number of carbonyl (C=O) groups is 1. The Balaban J connectivity index is 0.00000115. The molecule has 0 aliphatic carbocycles. The smallest absolute Gasteiger partial charge is 0.290 e. The number of aryl methyl sites for hydroxylation is 1. The minimum atomic E-state index is -4.47. The van der Waals surface area contributed by atoms with Crippen LogP contribution in [0.3, 0.4) is 0 Å². The van der Waals surface area contributed by atoms with Crippen LogP contribution in [-0.4, -0.2) is 61.0 Å². The summed E-state index contributed by atoms with van der Waals surface area (Å²) in [5.41, 5.74) is 3.78. The number of nitrogens with zero attached hydrogens (tertiary/aromatic N) is 4. The summed E-state index contributed by atoms with van der Waals surface area (Å²) in [7, 11) is -2.69. The van der Waals surface area contributed by atoms with Crippen LogP contribution in [0.4, 0.5) is 20.3 Å². The maximum atomic E-state index is 15.2. The third-order valence-electron chi connectivity index (χ3n) is 5.84. The summed E-state index contributed by atoms with van der Waals surface area (Å²) in [5.74, 6) is -2.22. The summed E-state index contributed by atoms with van der Waals surface area (Å²) in [4.78, 5) is 19.8. The number of likely N-dealkylation sites (N-methyl/N-ethyl adjacent to an activating group) is 1. The zero-order valence-corrected chi connectivity index (χ0v) is 21.6. The number of hydrogen-bond acceptors (Lipinski definition) is 8. The highest BCUT2D eigenvalue weighted by atomic mass is 32.2. The number of thiazole rings is 1. The number of aromatic nitrogens is 2. The maximum Gasteiger partial charge on any atom is 0.290 e. The van der Waals surface area contributed by atoms with Crippen LogP contribution in [0.2, 0.25) is 0 Å². The van der Waals surface area contributed by atoms with Crippen LogP contribution >= 0.6 is 11.3 Å². The number of likely N-dealkylation sites (tertiary alicyclic amines) is 1. The number of sulfonamides is 1. The summed E-state index contributed by atoms with van der Waals surface area (Å²) in [5, 5.41) is 8.33. The van der Waals surface area contributed by atoms with Gasteiger partial charge in [0.25, 0.3) is 16.5 Å². The summed E-state index contributed by atoms with van der Waals surface area (Å²) < 4.78 is 57.5. The highest BCUT2D eigenvalue weighted by Crippen LogP contribution is 2.33. The van der Waals surface area contributed by atoms with Gasteiger partial charge in [0, 0.05) is 55.0 Å². The molecule has 0 spiro atoms. The predicted molar refractivity (Wildman–Crippen MR) is 134 cm³/mol. The van der Waals surface area contributed by atoms with Gasteiger partial charge < -0.3 is 10.0 Å². The first-order chi connectivity index (χ1) is 17.1. The molecule has 1 aliphatic rings. The molecule has 1 fully saturated rings. The van der Waals surface area contributed by atoms with E-state index in [2.05, 4.69) is 19.6 Å². The molecular formula is C23H27F2N5O4S2. The van der Waals surface area contributed by atoms with Crippen LogP contribution in [0.15, 0.2) is 40.1 Å². The van der Waals surface area contributed by atoms with Crippen molar-refractivity contribution in [1.82, 2.24) is 14.9 Å². The second-order valence-corrected chi connectivity index (χ2v) is 10.6. The molecule has 1 unspecified atom stereocenters. The Morgan fingerprint density at radius 3 is 2.69 bits per heavy atom. The van der Waals surface area contributed by atoms with Gasteiger partial charge in [0.2, 0.25) is 0 Å². The SMILES string of the molecule is Cc1cccc(CN2CCC(N(C)c3cc(F)c(S(=O)(=O)Nc4cscn4)c(F)c3C)C2)n1.O=CO.